The lowest BCUT2D eigenvalue weighted by molar-refractivity contribution is 0.106. The minimum absolute atomic E-state index is 0.0797. The van der Waals surface area contributed by atoms with Gasteiger partial charge in [-0.15, -0.1) is 11.6 Å². The number of carbonyl (C=O) groups excluding carboxylic acids is 1. The Morgan fingerprint density at radius 1 is 1.17 bits per heavy atom. The molecule has 1 N–H and O–H groups in total. The van der Waals surface area contributed by atoms with Crippen LogP contribution >= 0.6 is 11.6 Å². The summed E-state index contributed by atoms with van der Waals surface area (Å²) in [5.41, 5.74) is 0.324. The fourth-order valence-corrected chi connectivity index (χ4v) is 3.78. The highest BCUT2D eigenvalue weighted by atomic mass is 35.5. The van der Waals surface area contributed by atoms with Crippen LogP contribution in [-0.2, 0) is 10.0 Å². The summed E-state index contributed by atoms with van der Waals surface area (Å²) in [7, 11) is -4.17. The maximum atomic E-state index is 12.8. The van der Waals surface area contributed by atoms with Crippen molar-refractivity contribution in [2.45, 2.75) is 5.09 Å². The number of sulfonamides is 1. The Morgan fingerprint density at radius 3 is 2.52 bits per heavy atom. The maximum Gasteiger partial charge on any atom is 0.295 e. The van der Waals surface area contributed by atoms with E-state index in [9.17, 15) is 13.2 Å². The molecular weight excluding hydrogens is 412 g/mol. The number of fused-ring (bicyclic) bond motifs is 1. The van der Waals surface area contributed by atoms with Crippen LogP contribution in [0.1, 0.15) is 10.4 Å². The SMILES string of the molecule is C#CN=C(C(=O)c1ccccc1)/C(=C\CCl)NS(=O)(=O)c1cc2ccccc2o1. The summed E-state index contributed by atoms with van der Waals surface area (Å²) in [6.07, 6.45) is 6.56. The number of para-hydroxylation sites is 1. The van der Waals surface area contributed by atoms with Crippen LogP contribution in [0.4, 0.5) is 0 Å². The highest BCUT2D eigenvalue weighted by molar-refractivity contribution is 7.89. The van der Waals surface area contributed by atoms with E-state index < -0.39 is 15.8 Å². The van der Waals surface area contributed by atoms with Gasteiger partial charge in [-0.05, 0) is 12.1 Å². The molecule has 0 aliphatic heterocycles. The molecule has 0 aliphatic carbocycles. The Hall–Kier alpha value is -3.34. The van der Waals surface area contributed by atoms with Gasteiger partial charge in [0.25, 0.3) is 10.0 Å². The summed E-state index contributed by atoms with van der Waals surface area (Å²) in [5.74, 6) is -0.629. The van der Waals surface area contributed by atoms with Crippen LogP contribution in [0, 0.1) is 12.5 Å². The number of furan rings is 1. The Kier molecular flexibility index (Phi) is 6.17. The first-order valence-electron chi connectivity index (χ1n) is 8.37. The number of Topliss-reactive ketones (excluding diaryl/α,β-unsaturated/α-hetero) is 1. The molecule has 3 rings (SSSR count). The van der Waals surface area contributed by atoms with E-state index in [0.29, 0.717) is 16.5 Å². The van der Waals surface area contributed by atoms with E-state index in [0.717, 1.165) is 0 Å². The number of nitrogens with one attached hydrogen (secondary N) is 1. The first-order chi connectivity index (χ1) is 14.0. The molecule has 1 aromatic heterocycles. The first kappa shape index (κ1) is 20.4. The van der Waals surface area contributed by atoms with Crippen molar-refractivity contribution >= 4 is 44.1 Å². The number of alkyl halides is 1. The summed E-state index contributed by atoms with van der Waals surface area (Å²) in [6, 6.07) is 18.5. The first-order valence-corrected chi connectivity index (χ1v) is 10.4. The number of hydrogen-bond acceptors (Lipinski definition) is 5. The number of ketones is 1. The second-order valence-electron chi connectivity index (χ2n) is 5.77. The number of hydrogen-bond donors (Lipinski definition) is 1. The zero-order valence-electron chi connectivity index (χ0n) is 15.0. The molecule has 146 valence electrons. The van der Waals surface area contributed by atoms with Gasteiger partial charge >= 0.3 is 0 Å². The Bertz CT molecular complexity index is 1220. The second kappa shape index (κ2) is 8.78. The molecule has 0 aliphatic rings. The fourth-order valence-electron chi connectivity index (χ4n) is 2.57. The molecule has 0 radical (unpaired) electrons. The number of nitrogens with zero attached hydrogens (tertiary/aromatic N) is 1. The molecule has 0 bridgehead atoms. The van der Waals surface area contributed by atoms with Crippen molar-refractivity contribution in [2.24, 2.45) is 4.99 Å². The van der Waals surface area contributed by atoms with E-state index in [1.54, 1.807) is 54.6 Å². The summed E-state index contributed by atoms with van der Waals surface area (Å²) >= 11 is 5.78. The topological polar surface area (TPSA) is 88.7 Å². The summed E-state index contributed by atoms with van der Waals surface area (Å²) in [5, 5.41) is 0.306. The molecule has 2 aromatic carbocycles. The third kappa shape index (κ3) is 4.57. The van der Waals surface area contributed by atoms with Crippen molar-refractivity contribution in [1.82, 2.24) is 4.72 Å². The van der Waals surface area contributed by atoms with Crippen LogP contribution < -0.4 is 4.72 Å². The van der Waals surface area contributed by atoms with Gasteiger partial charge in [-0.2, -0.15) is 13.4 Å². The number of benzene rings is 2. The van der Waals surface area contributed by atoms with Crippen LogP contribution in [0.3, 0.4) is 0 Å². The van der Waals surface area contributed by atoms with Crippen molar-refractivity contribution in [3.63, 3.8) is 0 Å². The second-order valence-corrected chi connectivity index (χ2v) is 7.69. The van der Waals surface area contributed by atoms with Gasteiger partial charge in [0.15, 0.2) is 0 Å². The number of carbonyl (C=O) groups is 1. The smallest absolute Gasteiger partial charge is 0.295 e. The zero-order valence-corrected chi connectivity index (χ0v) is 16.6. The van der Waals surface area contributed by atoms with Gasteiger partial charge in [0.2, 0.25) is 10.9 Å². The standard InChI is InChI=1S/C21H15ClN2O4S/c1-2-23-20(21(25)15-8-4-3-5-9-15)17(12-13-22)24-29(26,27)19-14-16-10-6-7-11-18(16)28-19/h1,3-12,14,24H,13H2/b17-12+,23-20?. The molecule has 8 heteroatoms. The average molecular weight is 427 g/mol. The van der Waals surface area contributed by atoms with Crippen molar-refractivity contribution in [3.8, 4) is 12.5 Å². The van der Waals surface area contributed by atoms with E-state index in [1.165, 1.54) is 12.1 Å². The number of allylic oxidation sites excluding steroid dienone is 2. The van der Waals surface area contributed by atoms with E-state index in [4.69, 9.17) is 22.4 Å². The molecule has 6 nitrogen and oxygen atoms in total. The molecule has 29 heavy (non-hydrogen) atoms. The van der Waals surface area contributed by atoms with Crippen molar-refractivity contribution in [2.75, 3.05) is 5.88 Å². The summed E-state index contributed by atoms with van der Waals surface area (Å²) in [4.78, 5) is 16.6. The zero-order chi connectivity index (χ0) is 20.9. The molecule has 0 unspecified atom stereocenters. The normalized spacial score (nSPS) is 12.6. The van der Waals surface area contributed by atoms with Gasteiger partial charge in [-0.1, -0.05) is 55.0 Å². The number of rotatable bonds is 7. The van der Waals surface area contributed by atoms with Gasteiger partial charge < -0.3 is 4.42 Å². The molecule has 0 spiro atoms. The third-order valence-corrected chi connectivity index (χ3v) is 5.25. The lowest BCUT2D eigenvalue weighted by Gasteiger charge is -2.11. The Labute approximate surface area is 172 Å². The van der Waals surface area contributed by atoms with Crippen LogP contribution in [-0.4, -0.2) is 25.8 Å². The lowest BCUT2D eigenvalue weighted by Crippen LogP contribution is -2.31. The number of terminal acetylenes is 1. The van der Waals surface area contributed by atoms with E-state index in [-0.39, 0.29) is 22.4 Å². The molecule has 0 atom stereocenters. The quantitative estimate of drug-likeness (QED) is 0.270. The highest BCUT2D eigenvalue weighted by Gasteiger charge is 2.26. The average Bonchev–Trinajstić information content (AvgIpc) is 3.17. The van der Waals surface area contributed by atoms with Gasteiger partial charge in [-0.3, -0.25) is 9.52 Å². The molecule has 0 saturated heterocycles. The largest absolute Gasteiger partial charge is 0.443 e. The molecule has 3 aromatic rings. The minimum Gasteiger partial charge on any atom is -0.443 e. The lowest BCUT2D eigenvalue weighted by atomic mass is 10.0. The Balaban J connectivity index is 2.00. The van der Waals surface area contributed by atoms with Crippen molar-refractivity contribution < 1.29 is 17.6 Å². The van der Waals surface area contributed by atoms with Crippen LogP contribution in [0.25, 0.3) is 11.0 Å². The van der Waals surface area contributed by atoms with Crippen LogP contribution in [0.5, 0.6) is 0 Å². The summed E-state index contributed by atoms with van der Waals surface area (Å²) < 4.78 is 33.4. The maximum absolute atomic E-state index is 12.8. The monoisotopic (exact) mass is 426 g/mol. The van der Waals surface area contributed by atoms with Crippen LogP contribution in [0.15, 0.2) is 86.9 Å². The van der Waals surface area contributed by atoms with E-state index in [1.807, 2.05) is 6.04 Å². The third-order valence-electron chi connectivity index (χ3n) is 3.88. The predicted octanol–water partition coefficient (Wildman–Crippen LogP) is 3.75. The molecule has 0 saturated carbocycles. The van der Waals surface area contributed by atoms with Crippen LogP contribution in [0.2, 0.25) is 0 Å². The van der Waals surface area contributed by atoms with Crippen molar-refractivity contribution in [1.29, 1.82) is 0 Å². The number of aliphatic imine (C=N–C) groups is 1. The highest BCUT2D eigenvalue weighted by Crippen LogP contribution is 2.23. The van der Waals surface area contributed by atoms with Gasteiger partial charge in [-0.25, -0.2) is 0 Å². The van der Waals surface area contributed by atoms with Gasteiger partial charge in [0.05, 0.1) is 5.70 Å². The van der Waals surface area contributed by atoms with Gasteiger partial charge in [0, 0.05) is 28.9 Å². The van der Waals surface area contributed by atoms with E-state index >= 15 is 0 Å². The molecular formula is C21H15ClN2O4S. The predicted molar refractivity (Wildman–Crippen MR) is 112 cm³/mol. The molecule has 1 heterocycles. The Morgan fingerprint density at radius 2 is 1.86 bits per heavy atom. The molecule has 0 fully saturated rings. The summed E-state index contributed by atoms with van der Waals surface area (Å²) in [6.45, 7) is 0. The van der Waals surface area contributed by atoms with E-state index in [2.05, 4.69) is 9.71 Å². The fraction of sp³-hybridized carbons (Fsp3) is 0.0476. The van der Waals surface area contributed by atoms with Gasteiger partial charge in [0.1, 0.15) is 11.3 Å². The number of halogens is 1. The molecule has 0 amide bonds. The minimum atomic E-state index is -4.17. The van der Waals surface area contributed by atoms with Crippen molar-refractivity contribution in [3.05, 3.63) is 78.0 Å².